The minimum absolute atomic E-state index is 0.386. The zero-order valence-electron chi connectivity index (χ0n) is 11.7. The molecule has 2 nitrogen and oxygen atoms in total. The van der Waals surface area contributed by atoms with Crippen LogP contribution in [0.4, 0.5) is 0 Å². The molecule has 3 heteroatoms. The first kappa shape index (κ1) is 14.1. The predicted octanol–water partition coefficient (Wildman–Crippen LogP) is 3.96. The number of aryl methyl sites for hydroxylation is 1. The van der Waals surface area contributed by atoms with Gasteiger partial charge in [-0.2, -0.15) is 0 Å². The Kier molecular flexibility index (Phi) is 5.00. The smallest absolute Gasteiger partial charge is 0.0535 e. The van der Waals surface area contributed by atoms with Crippen LogP contribution >= 0.6 is 11.8 Å². The van der Waals surface area contributed by atoms with Crippen LogP contribution < -0.4 is 5.32 Å². The number of nitrogens with zero attached hydrogens (tertiary/aromatic N) is 1. The Morgan fingerprint density at radius 2 is 2.11 bits per heavy atom. The first-order chi connectivity index (χ1) is 9.20. The monoisotopic (exact) mass is 272 g/mol. The van der Waals surface area contributed by atoms with Gasteiger partial charge in [-0.1, -0.05) is 18.2 Å². The number of hydrogen-bond donors (Lipinski definition) is 1. The molecule has 1 atom stereocenters. The highest BCUT2D eigenvalue weighted by molar-refractivity contribution is 7.98. The van der Waals surface area contributed by atoms with Crippen molar-refractivity contribution in [2.24, 2.45) is 0 Å². The van der Waals surface area contributed by atoms with Gasteiger partial charge >= 0.3 is 0 Å². The van der Waals surface area contributed by atoms with Crippen molar-refractivity contribution in [1.29, 1.82) is 0 Å². The molecule has 0 spiro atoms. The van der Waals surface area contributed by atoms with Gasteiger partial charge in [0.1, 0.15) is 0 Å². The van der Waals surface area contributed by atoms with E-state index in [9.17, 15) is 0 Å². The van der Waals surface area contributed by atoms with E-state index in [4.69, 9.17) is 0 Å². The highest BCUT2D eigenvalue weighted by Gasteiger charge is 2.05. The molecule has 0 saturated heterocycles. The first-order valence-electron chi connectivity index (χ1n) is 6.51. The van der Waals surface area contributed by atoms with Crippen molar-refractivity contribution >= 4 is 11.8 Å². The highest BCUT2D eigenvalue weighted by Crippen LogP contribution is 2.25. The maximum atomic E-state index is 4.43. The van der Waals surface area contributed by atoms with E-state index >= 15 is 0 Å². The van der Waals surface area contributed by atoms with Gasteiger partial charge in [-0.25, -0.2) is 0 Å². The summed E-state index contributed by atoms with van der Waals surface area (Å²) >= 11 is 1.84. The van der Waals surface area contributed by atoms with E-state index in [2.05, 4.69) is 54.5 Å². The van der Waals surface area contributed by atoms with Crippen LogP contribution in [-0.4, -0.2) is 12.0 Å². The molecular formula is C16H20N2S. The zero-order valence-corrected chi connectivity index (χ0v) is 12.5. The maximum Gasteiger partial charge on any atom is 0.0535 e. The lowest BCUT2D eigenvalue weighted by Crippen LogP contribution is -2.11. The lowest BCUT2D eigenvalue weighted by molar-refractivity contribution is 0.651. The van der Waals surface area contributed by atoms with Crippen LogP contribution in [0.15, 0.2) is 47.5 Å². The SMILES string of the molecule is CNC(C)c1cccc(SCc2ncccc2C)c1. The molecule has 1 heterocycles. The van der Waals surface area contributed by atoms with Gasteiger partial charge in [-0.05, 0) is 50.2 Å². The average molecular weight is 272 g/mol. The third kappa shape index (κ3) is 3.82. The molecule has 1 N–H and O–H groups in total. The Balaban J connectivity index is 2.06. The number of nitrogens with one attached hydrogen (secondary N) is 1. The number of benzene rings is 1. The first-order valence-corrected chi connectivity index (χ1v) is 7.50. The molecule has 0 fully saturated rings. The summed E-state index contributed by atoms with van der Waals surface area (Å²) in [4.78, 5) is 5.73. The van der Waals surface area contributed by atoms with Crippen molar-refractivity contribution in [1.82, 2.24) is 10.3 Å². The molecule has 0 radical (unpaired) electrons. The molecular weight excluding hydrogens is 252 g/mol. The normalized spacial score (nSPS) is 12.4. The van der Waals surface area contributed by atoms with Crippen molar-refractivity contribution < 1.29 is 0 Å². The van der Waals surface area contributed by atoms with Crippen LogP contribution in [0.25, 0.3) is 0 Å². The summed E-state index contributed by atoms with van der Waals surface area (Å²) in [5, 5.41) is 3.27. The molecule has 0 amide bonds. The maximum absolute atomic E-state index is 4.43. The second-order valence-electron chi connectivity index (χ2n) is 4.64. The molecule has 100 valence electrons. The number of pyridine rings is 1. The lowest BCUT2D eigenvalue weighted by atomic mass is 10.1. The van der Waals surface area contributed by atoms with Gasteiger partial charge in [-0.15, -0.1) is 11.8 Å². The average Bonchev–Trinajstić information content (AvgIpc) is 2.46. The number of thioether (sulfide) groups is 1. The molecule has 0 aliphatic rings. The summed E-state index contributed by atoms with van der Waals surface area (Å²) in [7, 11) is 1.99. The second kappa shape index (κ2) is 6.73. The predicted molar refractivity (Wildman–Crippen MR) is 82.5 cm³/mol. The van der Waals surface area contributed by atoms with Gasteiger partial charge < -0.3 is 5.32 Å². The van der Waals surface area contributed by atoms with Crippen LogP contribution in [0.3, 0.4) is 0 Å². The largest absolute Gasteiger partial charge is 0.313 e. The van der Waals surface area contributed by atoms with Crippen molar-refractivity contribution in [2.75, 3.05) is 7.05 Å². The van der Waals surface area contributed by atoms with E-state index in [1.807, 2.05) is 31.1 Å². The van der Waals surface area contributed by atoms with Crippen molar-refractivity contribution in [3.05, 3.63) is 59.4 Å². The van der Waals surface area contributed by atoms with E-state index in [1.54, 1.807) is 0 Å². The van der Waals surface area contributed by atoms with E-state index in [0.29, 0.717) is 6.04 Å². The molecule has 1 unspecified atom stereocenters. The van der Waals surface area contributed by atoms with E-state index in [1.165, 1.54) is 21.7 Å². The Labute approximate surface area is 119 Å². The van der Waals surface area contributed by atoms with Gasteiger partial charge in [0.2, 0.25) is 0 Å². The minimum atomic E-state index is 0.386. The molecule has 0 saturated carbocycles. The van der Waals surface area contributed by atoms with Crippen LogP contribution in [0, 0.1) is 6.92 Å². The van der Waals surface area contributed by atoms with Gasteiger partial charge in [-0.3, -0.25) is 4.98 Å². The quantitative estimate of drug-likeness (QED) is 0.834. The van der Waals surface area contributed by atoms with E-state index in [0.717, 1.165) is 5.75 Å². The molecule has 2 aromatic rings. The number of hydrogen-bond acceptors (Lipinski definition) is 3. The second-order valence-corrected chi connectivity index (χ2v) is 5.69. The molecule has 19 heavy (non-hydrogen) atoms. The summed E-state index contributed by atoms with van der Waals surface area (Å²) in [6.45, 7) is 4.29. The Morgan fingerprint density at radius 1 is 1.26 bits per heavy atom. The van der Waals surface area contributed by atoms with Crippen molar-refractivity contribution in [3.63, 3.8) is 0 Å². The Hall–Kier alpha value is -1.32. The standard InChI is InChI=1S/C16H20N2S/c1-12-6-5-9-18-16(12)11-19-15-8-4-7-14(10-15)13(2)17-3/h4-10,13,17H,11H2,1-3H3. The third-order valence-electron chi connectivity index (χ3n) is 3.28. The fourth-order valence-electron chi connectivity index (χ4n) is 1.86. The van der Waals surface area contributed by atoms with Crippen LogP contribution in [0.5, 0.6) is 0 Å². The Bertz CT molecular complexity index is 540. The molecule has 0 bridgehead atoms. The number of aromatic nitrogens is 1. The zero-order chi connectivity index (χ0) is 13.7. The van der Waals surface area contributed by atoms with Crippen LogP contribution in [-0.2, 0) is 5.75 Å². The van der Waals surface area contributed by atoms with E-state index < -0.39 is 0 Å². The van der Waals surface area contributed by atoms with Crippen LogP contribution in [0.2, 0.25) is 0 Å². The van der Waals surface area contributed by atoms with Gasteiger partial charge in [0.05, 0.1) is 5.69 Å². The van der Waals surface area contributed by atoms with Gasteiger partial charge in [0, 0.05) is 22.9 Å². The topological polar surface area (TPSA) is 24.9 Å². The minimum Gasteiger partial charge on any atom is -0.313 e. The fraction of sp³-hybridized carbons (Fsp3) is 0.312. The molecule has 1 aromatic carbocycles. The molecule has 2 rings (SSSR count). The summed E-state index contributed by atoms with van der Waals surface area (Å²) < 4.78 is 0. The highest BCUT2D eigenvalue weighted by atomic mass is 32.2. The molecule has 0 aliphatic carbocycles. The van der Waals surface area contributed by atoms with Gasteiger partial charge in [0.15, 0.2) is 0 Å². The summed E-state index contributed by atoms with van der Waals surface area (Å²) in [6.07, 6.45) is 1.86. The Morgan fingerprint density at radius 3 is 2.84 bits per heavy atom. The van der Waals surface area contributed by atoms with Crippen molar-refractivity contribution in [2.45, 2.75) is 30.5 Å². The summed E-state index contributed by atoms with van der Waals surface area (Å²) in [5.74, 6) is 0.921. The van der Waals surface area contributed by atoms with Gasteiger partial charge in [0.25, 0.3) is 0 Å². The molecule has 1 aromatic heterocycles. The number of rotatable bonds is 5. The van der Waals surface area contributed by atoms with Crippen LogP contribution in [0.1, 0.15) is 29.8 Å². The lowest BCUT2D eigenvalue weighted by Gasteiger charge is -2.12. The van der Waals surface area contributed by atoms with Crippen molar-refractivity contribution in [3.8, 4) is 0 Å². The van der Waals surface area contributed by atoms with E-state index in [-0.39, 0.29) is 0 Å². The fourth-order valence-corrected chi connectivity index (χ4v) is 2.86. The summed E-state index contributed by atoms with van der Waals surface area (Å²) in [5.41, 5.74) is 3.75. The summed E-state index contributed by atoms with van der Waals surface area (Å²) in [6, 6.07) is 13.2. The molecule has 0 aliphatic heterocycles. The third-order valence-corrected chi connectivity index (χ3v) is 4.29.